The first-order chi connectivity index (χ1) is 14.6. The van der Waals surface area contributed by atoms with Crippen molar-refractivity contribution in [3.05, 3.63) is 71.2 Å². The number of carbonyl (C=O) groups excluding carboxylic acids is 2. The predicted molar refractivity (Wildman–Crippen MR) is 125 cm³/mol. The van der Waals surface area contributed by atoms with Gasteiger partial charge in [0.1, 0.15) is 5.75 Å². The van der Waals surface area contributed by atoms with Gasteiger partial charge in [0, 0.05) is 10.8 Å². The van der Waals surface area contributed by atoms with Gasteiger partial charge < -0.3 is 14.2 Å². The fourth-order valence-corrected chi connectivity index (χ4v) is 8.56. The van der Waals surface area contributed by atoms with E-state index in [1.54, 1.807) is 54.2 Å². The van der Waals surface area contributed by atoms with Crippen LogP contribution in [0.25, 0.3) is 0 Å². The molecule has 1 saturated heterocycles. The fourth-order valence-electron chi connectivity index (χ4n) is 3.37. The van der Waals surface area contributed by atoms with Crippen LogP contribution in [-0.4, -0.2) is 38.5 Å². The molecule has 30 heavy (non-hydrogen) atoms. The van der Waals surface area contributed by atoms with Crippen LogP contribution >= 0.6 is 47.0 Å². The van der Waals surface area contributed by atoms with Gasteiger partial charge in [0.25, 0.3) is 0 Å². The number of methoxy groups -OCH3 is 3. The average molecular weight is 479 g/mol. The van der Waals surface area contributed by atoms with Gasteiger partial charge in [-0.25, -0.2) is 9.59 Å². The maximum absolute atomic E-state index is 12.8. The minimum atomic E-state index is -0.524. The molecule has 2 atom stereocenters. The number of esters is 2. The van der Waals surface area contributed by atoms with Crippen LogP contribution in [0.2, 0.25) is 0 Å². The Balaban J connectivity index is 1.85. The molecular weight excluding hydrogens is 460 g/mol. The third-order valence-electron chi connectivity index (χ3n) is 4.75. The van der Waals surface area contributed by atoms with Gasteiger partial charge in [0.15, 0.2) is 0 Å². The lowest BCUT2D eigenvalue weighted by molar-refractivity contribution is -0.139. The van der Waals surface area contributed by atoms with Gasteiger partial charge in [-0.15, -0.1) is 11.8 Å². The highest BCUT2D eigenvalue weighted by molar-refractivity contribution is 8.33. The van der Waals surface area contributed by atoms with Crippen molar-refractivity contribution in [1.82, 2.24) is 0 Å². The molecule has 4 rings (SSSR count). The zero-order valence-electron chi connectivity index (χ0n) is 16.4. The summed E-state index contributed by atoms with van der Waals surface area (Å²) in [6, 6.07) is 7.48. The average Bonchev–Trinajstić information content (AvgIpc) is 3.46. The predicted octanol–water partition coefficient (Wildman–Crippen LogP) is 5.25. The number of ether oxygens (including phenoxy) is 3. The monoisotopic (exact) mass is 478 g/mol. The molecule has 156 valence electrons. The molecule has 1 aromatic carbocycles. The number of thioether (sulfide) groups is 4. The lowest BCUT2D eigenvalue weighted by Gasteiger charge is -2.27. The Morgan fingerprint density at radius 1 is 0.867 bits per heavy atom. The van der Waals surface area contributed by atoms with Gasteiger partial charge in [-0.1, -0.05) is 53.5 Å². The van der Waals surface area contributed by atoms with E-state index in [0.717, 1.165) is 20.5 Å². The van der Waals surface area contributed by atoms with E-state index in [1.807, 2.05) is 35.1 Å². The molecule has 0 saturated carbocycles. The van der Waals surface area contributed by atoms with E-state index >= 15 is 0 Å². The topological polar surface area (TPSA) is 61.8 Å². The Bertz CT molecular complexity index is 997. The lowest BCUT2D eigenvalue weighted by Crippen LogP contribution is -2.28. The SMILES string of the molecule is COC(=O)C1=C(C(=O)OC)[C@@H](c2ccc(OC)cc2)C=C2SC(=C3SC=CS3)S[C@H]21. The van der Waals surface area contributed by atoms with E-state index in [9.17, 15) is 9.59 Å². The summed E-state index contributed by atoms with van der Waals surface area (Å²) in [5, 5.41) is 3.80. The van der Waals surface area contributed by atoms with Crippen molar-refractivity contribution in [2.45, 2.75) is 11.2 Å². The zero-order valence-corrected chi connectivity index (χ0v) is 19.6. The van der Waals surface area contributed by atoms with Gasteiger partial charge >= 0.3 is 11.9 Å². The number of carbonyl (C=O) groups is 2. The summed E-state index contributed by atoms with van der Waals surface area (Å²) in [4.78, 5) is 26.7. The number of allylic oxidation sites excluding steroid dienone is 1. The molecule has 5 nitrogen and oxygen atoms in total. The first-order valence-electron chi connectivity index (χ1n) is 8.90. The largest absolute Gasteiger partial charge is 0.497 e. The summed E-state index contributed by atoms with van der Waals surface area (Å²) >= 11 is 6.58. The highest BCUT2D eigenvalue weighted by Crippen LogP contribution is 2.61. The molecule has 0 spiro atoms. The Hall–Kier alpha value is -1.68. The Morgan fingerprint density at radius 2 is 1.50 bits per heavy atom. The van der Waals surface area contributed by atoms with Crippen molar-refractivity contribution in [3.63, 3.8) is 0 Å². The molecule has 3 aliphatic rings. The number of hydrogen-bond acceptors (Lipinski definition) is 9. The standard InChI is InChI=1S/C21H18O5S4/c1-24-12-6-4-11(5-7-12)13-10-14-17(30-21(29-14)20-27-8-9-28-20)16(19(23)26-3)15(13)18(22)25-2/h4-10,13,17H,1-3H3/t13-,17-/m1/s1. The molecule has 1 fully saturated rings. The smallest absolute Gasteiger partial charge is 0.335 e. The molecule has 1 aromatic rings. The molecular formula is C21H18O5S4. The van der Waals surface area contributed by atoms with Gasteiger partial charge in [-0.2, -0.15) is 0 Å². The van der Waals surface area contributed by atoms with Gasteiger partial charge in [0.05, 0.1) is 46.2 Å². The van der Waals surface area contributed by atoms with Crippen molar-refractivity contribution < 1.29 is 23.8 Å². The van der Waals surface area contributed by atoms with Crippen LogP contribution in [0.3, 0.4) is 0 Å². The fraction of sp³-hybridized carbons (Fsp3) is 0.238. The minimum Gasteiger partial charge on any atom is -0.497 e. The zero-order chi connectivity index (χ0) is 21.3. The van der Waals surface area contributed by atoms with E-state index in [2.05, 4.69) is 6.08 Å². The van der Waals surface area contributed by atoms with E-state index in [4.69, 9.17) is 14.2 Å². The van der Waals surface area contributed by atoms with Gasteiger partial charge in [-0.05, 0) is 28.5 Å². The maximum Gasteiger partial charge on any atom is 0.335 e. The third-order valence-corrected chi connectivity index (χ3v) is 10.2. The summed E-state index contributed by atoms with van der Waals surface area (Å²) in [6.07, 6.45) is 2.06. The second-order valence-electron chi connectivity index (χ2n) is 6.31. The Labute approximate surface area is 191 Å². The summed E-state index contributed by atoms with van der Waals surface area (Å²) in [6.45, 7) is 0. The highest BCUT2D eigenvalue weighted by atomic mass is 32.2. The van der Waals surface area contributed by atoms with E-state index in [-0.39, 0.29) is 5.25 Å². The second-order valence-corrected chi connectivity index (χ2v) is 10.9. The Kier molecular flexibility index (Phi) is 6.62. The quantitative estimate of drug-likeness (QED) is 0.540. The van der Waals surface area contributed by atoms with Crippen molar-refractivity contribution in [1.29, 1.82) is 0 Å². The first-order valence-corrected chi connectivity index (χ1v) is 12.4. The molecule has 2 aliphatic heterocycles. The van der Waals surface area contributed by atoms with Gasteiger partial charge in [-0.3, -0.25) is 0 Å². The lowest BCUT2D eigenvalue weighted by atomic mass is 9.82. The van der Waals surface area contributed by atoms with Crippen LogP contribution in [0.15, 0.2) is 65.7 Å². The number of fused-ring (bicyclic) bond motifs is 1. The third kappa shape index (κ3) is 3.95. The molecule has 0 bridgehead atoms. The van der Waals surface area contributed by atoms with Crippen molar-refractivity contribution in [3.8, 4) is 5.75 Å². The van der Waals surface area contributed by atoms with Crippen LogP contribution in [0.5, 0.6) is 5.75 Å². The minimum absolute atomic E-state index is 0.282. The summed E-state index contributed by atoms with van der Waals surface area (Å²) < 4.78 is 17.7. The van der Waals surface area contributed by atoms with E-state index in [1.165, 1.54) is 18.5 Å². The second kappa shape index (κ2) is 9.21. The summed E-state index contributed by atoms with van der Waals surface area (Å²) in [5.74, 6) is -0.723. The van der Waals surface area contributed by atoms with Crippen molar-refractivity contribution in [2.24, 2.45) is 0 Å². The van der Waals surface area contributed by atoms with E-state index < -0.39 is 17.9 Å². The number of rotatable bonds is 4. The molecule has 0 amide bonds. The molecule has 0 radical (unpaired) electrons. The highest BCUT2D eigenvalue weighted by Gasteiger charge is 2.44. The van der Waals surface area contributed by atoms with Crippen LogP contribution in [0.4, 0.5) is 0 Å². The molecule has 9 heteroatoms. The molecule has 0 unspecified atom stereocenters. The van der Waals surface area contributed by atoms with Crippen LogP contribution in [0, 0.1) is 0 Å². The van der Waals surface area contributed by atoms with Crippen molar-refractivity contribution >= 4 is 59.0 Å². The van der Waals surface area contributed by atoms with Crippen molar-refractivity contribution in [2.75, 3.05) is 21.3 Å². The first kappa shape index (κ1) is 21.5. The van der Waals surface area contributed by atoms with Crippen LogP contribution in [-0.2, 0) is 19.1 Å². The molecule has 0 N–H and O–H groups in total. The Morgan fingerprint density at radius 3 is 2.10 bits per heavy atom. The maximum atomic E-state index is 12.8. The summed E-state index contributed by atoms with van der Waals surface area (Å²) in [5.41, 5.74) is 1.56. The van der Waals surface area contributed by atoms with Crippen LogP contribution in [0.1, 0.15) is 11.5 Å². The van der Waals surface area contributed by atoms with E-state index in [0.29, 0.717) is 11.1 Å². The number of hydrogen-bond donors (Lipinski definition) is 0. The molecule has 2 heterocycles. The molecule has 0 aromatic heterocycles. The normalized spacial score (nSPS) is 22.7. The molecule has 1 aliphatic carbocycles. The van der Waals surface area contributed by atoms with Crippen LogP contribution < -0.4 is 4.74 Å². The van der Waals surface area contributed by atoms with Gasteiger partial charge in [0.2, 0.25) is 0 Å². The number of benzene rings is 1. The summed E-state index contributed by atoms with van der Waals surface area (Å²) in [7, 11) is 4.27.